The van der Waals surface area contributed by atoms with Crippen molar-refractivity contribution < 1.29 is 9.72 Å². The molecule has 0 radical (unpaired) electrons. The van der Waals surface area contributed by atoms with Gasteiger partial charge in [0.2, 0.25) is 0 Å². The third kappa shape index (κ3) is 3.43. The van der Waals surface area contributed by atoms with Crippen LogP contribution in [-0.2, 0) is 0 Å². The molecular formula is C15H14BrN3O3. The van der Waals surface area contributed by atoms with Gasteiger partial charge in [-0.05, 0) is 42.8 Å². The molecule has 7 heteroatoms. The molecule has 2 aromatic carbocycles. The highest BCUT2D eigenvalue weighted by molar-refractivity contribution is 9.10. The zero-order valence-electron chi connectivity index (χ0n) is 12.0. The van der Waals surface area contributed by atoms with Gasteiger partial charge < -0.3 is 10.6 Å². The number of anilines is 2. The van der Waals surface area contributed by atoms with Gasteiger partial charge in [-0.2, -0.15) is 0 Å². The van der Waals surface area contributed by atoms with Crippen LogP contribution in [0.1, 0.15) is 15.9 Å². The molecule has 0 unspecified atom stereocenters. The highest BCUT2D eigenvalue weighted by Crippen LogP contribution is 2.26. The second kappa shape index (κ2) is 6.57. The lowest BCUT2D eigenvalue weighted by atomic mass is 10.1. The van der Waals surface area contributed by atoms with Crippen LogP contribution in [0, 0.1) is 17.0 Å². The number of hydrogen-bond donors (Lipinski definition) is 2. The molecule has 0 atom stereocenters. The molecule has 0 bridgehead atoms. The van der Waals surface area contributed by atoms with E-state index in [1.807, 2.05) is 19.1 Å². The first-order valence-electron chi connectivity index (χ1n) is 6.46. The summed E-state index contributed by atoms with van der Waals surface area (Å²) in [7, 11) is 1.59. The number of nitrogens with zero attached hydrogens (tertiary/aromatic N) is 1. The molecule has 0 saturated heterocycles. The summed E-state index contributed by atoms with van der Waals surface area (Å²) in [6.45, 7) is 1.87. The van der Waals surface area contributed by atoms with Crippen LogP contribution in [0.3, 0.4) is 0 Å². The predicted molar refractivity (Wildman–Crippen MR) is 89.5 cm³/mol. The topological polar surface area (TPSA) is 84.3 Å². The van der Waals surface area contributed by atoms with Crippen LogP contribution < -0.4 is 10.6 Å². The van der Waals surface area contributed by atoms with E-state index in [4.69, 9.17) is 0 Å². The van der Waals surface area contributed by atoms with Crippen molar-refractivity contribution in [2.45, 2.75) is 6.92 Å². The molecule has 0 spiro atoms. The Labute approximate surface area is 135 Å². The molecule has 22 heavy (non-hydrogen) atoms. The molecular weight excluding hydrogens is 350 g/mol. The zero-order valence-corrected chi connectivity index (χ0v) is 13.6. The third-order valence-corrected chi connectivity index (χ3v) is 3.66. The Morgan fingerprint density at radius 3 is 2.45 bits per heavy atom. The number of halogens is 1. The summed E-state index contributed by atoms with van der Waals surface area (Å²) in [5, 5.41) is 16.5. The number of hydrogen-bond acceptors (Lipinski definition) is 4. The molecule has 1 amide bonds. The predicted octanol–water partition coefficient (Wildman–Crippen LogP) is 3.96. The van der Waals surface area contributed by atoms with Gasteiger partial charge in [0, 0.05) is 28.8 Å². The van der Waals surface area contributed by atoms with E-state index in [1.54, 1.807) is 19.2 Å². The summed E-state index contributed by atoms with van der Waals surface area (Å²) in [5.74, 6) is -0.392. The number of nitrogens with one attached hydrogen (secondary N) is 2. The van der Waals surface area contributed by atoms with Gasteiger partial charge in [0.15, 0.2) is 0 Å². The van der Waals surface area contributed by atoms with Gasteiger partial charge in [0.25, 0.3) is 11.6 Å². The fraction of sp³-hybridized carbons (Fsp3) is 0.133. The molecule has 0 heterocycles. The minimum absolute atomic E-state index is 0.136. The van der Waals surface area contributed by atoms with Gasteiger partial charge in [-0.25, -0.2) is 0 Å². The van der Waals surface area contributed by atoms with E-state index >= 15 is 0 Å². The second-order valence-corrected chi connectivity index (χ2v) is 5.57. The van der Waals surface area contributed by atoms with Crippen molar-refractivity contribution in [3.8, 4) is 0 Å². The molecule has 2 rings (SSSR count). The van der Waals surface area contributed by atoms with Crippen LogP contribution >= 0.6 is 15.9 Å². The van der Waals surface area contributed by atoms with E-state index in [1.165, 1.54) is 12.1 Å². The maximum Gasteiger partial charge on any atom is 0.293 e. The average Bonchev–Trinajstić information content (AvgIpc) is 2.49. The van der Waals surface area contributed by atoms with E-state index in [2.05, 4.69) is 26.6 Å². The third-order valence-electron chi connectivity index (χ3n) is 3.16. The molecule has 2 aromatic rings. The van der Waals surface area contributed by atoms with Gasteiger partial charge in [-0.1, -0.05) is 15.9 Å². The van der Waals surface area contributed by atoms with Gasteiger partial charge in [0.1, 0.15) is 5.69 Å². The summed E-state index contributed by atoms with van der Waals surface area (Å²) in [6.07, 6.45) is 0. The normalized spacial score (nSPS) is 10.1. The fourth-order valence-corrected chi connectivity index (χ4v) is 2.47. The highest BCUT2D eigenvalue weighted by Gasteiger charge is 2.17. The van der Waals surface area contributed by atoms with Crippen molar-refractivity contribution in [1.82, 2.24) is 0 Å². The molecule has 0 aromatic heterocycles. The summed E-state index contributed by atoms with van der Waals surface area (Å²) in [5.41, 5.74) is 2.01. The van der Waals surface area contributed by atoms with E-state index in [-0.39, 0.29) is 11.3 Å². The van der Waals surface area contributed by atoms with E-state index in [0.29, 0.717) is 11.4 Å². The van der Waals surface area contributed by atoms with Gasteiger partial charge in [-0.15, -0.1) is 0 Å². The van der Waals surface area contributed by atoms with Crippen molar-refractivity contribution in [3.05, 3.63) is 62.1 Å². The van der Waals surface area contributed by atoms with Crippen molar-refractivity contribution in [2.24, 2.45) is 0 Å². The first-order chi connectivity index (χ1) is 10.4. The molecule has 0 saturated carbocycles. The Kier molecular flexibility index (Phi) is 4.77. The Balaban J connectivity index is 2.30. The Morgan fingerprint density at radius 1 is 1.18 bits per heavy atom. The highest BCUT2D eigenvalue weighted by atomic mass is 79.9. The van der Waals surface area contributed by atoms with Crippen LogP contribution in [0.5, 0.6) is 0 Å². The van der Waals surface area contributed by atoms with E-state index in [0.717, 1.165) is 10.0 Å². The first kappa shape index (κ1) is 16.0. The van der Waals surface area contributed by atoms with Crippen molar-refractivity contribution in [3.63, 3.8) is 0 Å². The Hall–Kier alpha value is -2.41. The molecule has 0 aliphatic rings. The van der Waals surface area contributed by atoms with Crippen molar-refractivity contribution >= 4 is 38.9 Å². The number of nitro groups is 1. The molecule has 6 nitrogen and oxygen atoms in total. The maximum atomic E-state index is 12.3. The maximum absolute atomic E-state index is 12.3. The lowest BCUT2D eigenvalue weighted by molar-refractivity contribution is -0.384. The number of rotatable bonds is 4. The summed E-state index contributed by atoms with van der Waals surface area (Å²) >= 11 is 3.35. The standard InChI is InChI=1S/C15H14BrN3O3/c1-9-7-11(16)4-6-12(9)18-15(20)10-3-5-13(17-2)14(8-10)19(21)22/h3-8,17H,1-2H3,(H,18,20). The van der Waals surface area contributed by atoms with Gasteiger partial charge in [-0.3, -0.25) is 14.9 Å². The smallest absolute Gasteiger partial charge is 0.293 e. The lowest BCUT2D eigenvalue weighted by Crippen LogP contribution is -2.13. The Morgan fingerprint density at radius 2 is 1.86 bits per heavy atom. The van der Waals surface area contributed by atoms with Crippen molar-refractivity contribution in [1.29, 1.82) is 0 Å². The summed E-state index contributed by atoms with van der Waals surface area (Å²) in [6, 6.07) is 9.78. The summed E-state index contributed by atoms with van der Waals surface area (Å²) < 4.78 is 0.914. The Bertz CT molecular complexity index is 747. The number of carbonyl (C=O) groups excluding carboxylic acids is 1. The molecule has 114 valence electrons. The van der Waals surface area contributed by atoms with E-state index in [9.17, 15) is 14.9 Å². The van der Waals surface area contributed by atoms with Crippen LogP contribution in [0.4, 0.5) is 17.1 Å². The number of nitro benzene ring substituents is 1. The lowest BCUT2D eigenvalue weighted by Gasteiger charge is -2.09. The quantitative estimate of drug-likeness (QED) is 0.635. The van der Waals surface area contributed by atoms with Crippen LogP contribution in [-0.4, -0.2) is 17.9 Å². The average molecular weight is 364 g/mol. The first-order valence-corrected chi connectivity index (χ1v) is 7.25. The molecule has 0 aliphatic heterocycles. The number of benzene rings is 2. The van der Waals surface area contributed by atoms with Crippen molar-refractivity contribution in [2.75, 3.05) is 17.7 Å². The summed E-state index contributed by atoms with van der Waals surface area (Å²) in [4.78, 5) is 22.8. The molecule has 0 fully saturated rings. The van der Waals surface area contributed by atoms with Crippen LogP contribution in [0.25, 0.3) is 0 Å². The van der Waals surface area contributed by atoms with Gasteiger partial charge in [0.05, 0.1) is 4.92 Å². The number of amides is 1. The second-order valence-electron chi connectivity index (χ2n) is 4.65. The minimum Gasteiger partial charge on any atom is -0.383 e. The molecule has 2 N–H and O–H groups in total. The van der Waals surface area contributed by atoms with E-state index < -0.39 is 10.8 Å². The monoisotopic (exact) mass is 363 g/mol. The van der Waals surface area contributed by atoms with Crippen LogP contribution in [0.2, 0.25) is 0 Å². The molecule has 0 aliphatic carbocycles. The zero-order chi connectivity index (χ0) is 16.3. The van der Waals surface area contributed by atoms with Crippen LogP contribution in [0.15, 0.2) is 40.9 Å². The SMILES string of the molecule is CNc1ccc(C(=O)Nc2ccc(Br)cc2C)cc1[N+](=O)[O-]. The minimum atomic E-state index is -0.520. The number of aryl methyl sites for hydroxylation is 1. The largest absolute Gasteiger partial charge is 0.383 e. The fourth-order valence-electron chi connectivity index (χ4n) is 2.00. The number of carbonyl (C=O) groups is 1. The van der Waals surface area contributed by atoms with Gasteiger partial charge >= 0.3 is 0 Å².